The highest BCUT2D eigenvalue weighted by Gasteiger charge is 2.13. The molecule has 1 unspecified atom stereocenters. The number of nitrogens with two attached hydrogens (primary N) is 1. The van der Waals surface area contributed by atoms with Crippen molar-refractivity contribution in [1.29, 1.82) is 0 Å². The number of nitrogens with zero attached hydrogens (tertiary/aromatic N) is 2. The first kappa shape index (κ1) is 11.2. The van der Waals surface area contributed by atoms with Crippen LogP contribution in [0, 0.1) is 0 Å². The lowest BCUT2D eigenvalue weighted by Gasteiger charge is -2.08. The molecule has 1 aromatic heterocycles. The van der Waals surface area contributed by atoms with Crippen molar-refractivity contribution >= 4 is 5.97 Å². The summed E-state index contributed by atoms with van der Waals surface area (Å²) in [5.74, 6) is -1.22. The zero-order valence-corrected chi connectivity index (χ0v) is 8.08. The summed E-state index contributed by atoms with van der Waals surface area (Å²) in [7, 11) is 1.44. The normalized spacial score (nSPS) is 12.4. The van der Waals surface area contributed by atoms with Crippen LogP contribution in [0.5, 0.6) is 0 Å². The molecule has 3 N–H and O–H groups in total. The standard InChI is InChI=1S/C8H11N3O4/c1-10-2-3-11(7(13)6(10)12)4-5(9)8(14)15/h2-3,5H,4,9H2,1H3,(H,14,15). The molecule has 0 aromatic carbocycles. The van der Waals surface area contributed by atoms with Gasteiger partial charge in [-0.1, -0.05) is 0 Å². The molecule has 0 aliphatic rings. The molecule has 0 saturated carbocycles. The van der Waals surface area contributed by atoms with Crippen LogP contribution >= 0.6 is 0 Å². The molecular formula is C8H11N3O4. The van der Waals surface area contributed by atoms with Gasteiger partial charge in [-0.15, -0.1) is 0 Å². The van der Waals surface area contributed by atoms with Gasteiger partial charge in [-0.05, 0) is 0 Å². The number of carbonyl (C=O) groups is 1. The molecule has 82 valence electrons. The minimum atomic E-state index is -1.22. The van der Waals surface area contributed by atoms with Crippen molar-refractivity contribution in [3.05, 3.63) is 33.1 Å². The highest BCUT2D eigenvalue weighted by Crippen LogP contribution is 1.85. The molecule has 1 atom stereocenters. The molecule has 0 aliphatic heterocycles. The van der Waals surface area contributed by atoms with E-state index in [9.17, 15) is 14.4 Å². The molecular weight excluding hydrogens is 202 g/mol. The summed E-state index contributed by atoms with van der Waals surface area (Å²) in [6.45, 7) is -0.218. The number of carboxylic acids is 1. The van der Waals surface area contributed by atoms with Crippen LogP contribution in [-0.2, 0) is 18.4 Å². The van der Waals surface area contributed by atoms with Gasteiger partial charge in [0.2, 0.25) is 0 Å². The van der Waals surface area contributed by atoms with Crippen molar-refractivity contribution in [2.45, 2.75) is 12.6 Å². The Morgan fingerprint density at radius 1 is 1.47 bits per heavy atom. The summed E-state index contributed by atoms with van der Waals surface area (Å²) in [5, 5.41) is 8.53. The average Bonchev–Trinajstić information content (AvgIpc) is 2.18. The van der Waals surface area contributed by atoms with E-state index in [1.165, 1.54) is 19.4 Å². The summed E-state index contributed by atoms with van der Waals surface area (Å²) < 4.78 is 2.10. The maximum Gasteiger partial charge on any atom is 0.322 e. The second-order valence-corrected chi connectivity index (χ2v) is 3.12. The van der Waals surface area contributed by atoms with Gasteiger partial charge in [-0.25, -0.2) is 0 Å². The van der Waals surface area contributed by atoms with E-state index >= 15 is 0 Å². The van der Waals surface area contributed by atoms with E-state index in [1.807, 2.05) is 0 Å². The summed E-state index contributed by atoms with van der Waals surface area (Å²) in [6, 6.07) is -1.20. The van der Waals surface area contributed by atoms with Gasteiger partial charge in [0, 0.05) is 19.4 Å². The third kappa shape index (κ3) is 2.32. The fraction of sp³-hybridized carbons (Fsp3) is 0.375. The lowest BCUT2D eigenvalue weighted by Crippen LogP contribution is -2.44. The molecule has 0 bridgehead atoms. The van der Waals surface area contributed by atoms with Crippen LogP contribution in [-0.4, -0.2) is 26.3 Å². The molecule has 0 spiro atoms. The first-order valence-electron chi connectivity index (χ1n) is 4.18. The highest BCUT2D eigenvalue weighted by atomic mass is 16.4. The molecule has 1 aromatic rings. The van der Waals surface area contributed by atoms with Gasteiger partial charge in [0.25, 0.3) is 0 Å². The molecule has 7 heteroatoms. The largest absolute Gasteiger partial charge is 0.480 e. The van der Waals surface area contributed by atoms with Gasteiger partial charge in [0.05, 0.1) is 6.54 Å². The molecule has 0 saturated heterocycles. The van der Waals surface area contributed by atoms with Crippen LogP contribution < -0.4 is 16.9 Å². The third-order valence-corrected chi connectivity index (χ3v) is 1.94. The van der Waals surface area contributed by atoms with Gasteiger partial charge in [0.15, 0.2) is 0 Å². The number of aromatic nitrogens is 2. The van der Waals surface area contributed by atoms with Gasteiger partial charge in [-0.3, -0.25) is 14.4 Å². The van der Waals surface area contributed by atoms with Crippen LogP contribution in [0.1, 0.15) is 0 Å². The molecule has 0 amide bonds. The zero-order valence-electron chi connectivity index (χ0n) is 8.08. The minimum Gasteiger partial charge on any atom is -0.480 e. The second-order valence-electron chi connectivity index (χ2n) is 3.12. The Morgan fingerprint density at radius 3 is 2.60 bits per heavy atom. The first-order valence-corrected chi connectivity index (χ1v) is 4.18. The van der Waals surface area contributed by atoms with E-state index in [-0.39, 0.29) is 6.54 Å². The van der Waals surface area contributed by atoms with Crippen LogP contribution in [0.15, 0.2) is 22.0 Å². The van der Waals surface area contributed by atoms with E-state index in [4.69, 9.17) is 10.8 Å². The third-order valence-electron chi connectivity index (χ3n) is 1.94. The summed E-state index contributed by atoms with van der Waals surface area (Å²) in [4.78, 5) is 33.0. The van der Waals surface area contributed by atoms with Crippen LogP contribution in [0.4, 0.5) is 0 Å². The Labute approximate surface area is 84.4 Å². The lowest BCUT2D eigenvalue weighted by atomic mass is 10.3. The van der Waals surface area contributed by atoms with Gasteiger partial charge < -0.3 is 20.0 Å². The Bertz CT molecular complexity index is 487. The van der Waals surface area contributed by atoms with E-state index < -0.39 is 23.1 Å². The van der Waals surface area contributed by atoms with Gasteiger partial charge in [0.1, 0.15) is 6.04 Å². The molecule has 0 aliphatic carbocycles. The van der Waals surface area contributed by atoms with Crippen molar-refractivity contribution in [2.75, 3.05) is 0 Å². The number of aryl methyl sites for hydroxylation is 1. The SMILES string of the molecule is Cn1ccn(CC(N)C(=O)O)c(=O)c1=O. The van der Waals surface area contributed by atoms with Crippen molar-refractivity contribution in [3.63, 3.8) is 0 Å². The van der Waals surface area contributed by atoms with Crippen molar-refractivity contribution in [3.8, 4) is 0 Å². The first-order chi connectivity index (χ1) is 6.93. The van der Waals surface area contributed by atoms with Crippen LogP contribution in [0.2, 0.25) is 0 Å². The van der Waals surface area contributed by atoms with E-state index in [1.54, 1.807) is 0 Å². The molecule has 15 heavy (non-hydrogen) atoms. The average molecular weight is 213 g/mol. The quantitative estimate of drug-likeness (QED) is 0.562. The second kappa shape index (κ2) is 4.09. The predicted molar refractivity (Wildman–Crippen MR) is 51.6 cm³/mol. The van der Waals surface area contributed by atoms with Gasteiger partial charge in [-0.2, -0.15) is 0 Å². The predicted octanol–water partition coefficient (Wildman–Crippen LogP) is -2.04. The fourth-order valence-corrected chi connectivity index (χ4v) is 1.02. The highest BCUT2D eigenvalue weighted by molar-refractivity contribution is 5.72. The molecule has 1 rings (SSSR count). The number of hydrogen-bond acceptors (Lipinski definition) is 4. The van der Waals surface area contributed by atoms with Crippen LogP contribution in [0.3, 0.4) is 0 Å². The van der Waals surface area contributed by atoms with Crippen molar-refractivity contribution < 1.29 is 9.90 Å². The Balaban J connectivity index is 3.08. The Morgan fingerprint density at radius 2 is 2.07 bits per heavy atom. The van der Waals surface area contributed by atoms with Crippen molar-refractivity contribution in [1.82, 2.24) is 9.13 Å². The van der Waals surface area contributed by atoms with Crippen molar-refractivity contribution in [2.24, 2.45) is 12.8 Å². The van der Waals surface area contributed by atoms with E-state index in [2.05, 4.69) is 0 Å². The van der Waals surface area contributed by atoms with E-state index in [0.717, 1.165) is 9.13 Å². The number of hydrogen-bond donors (Lipinski definition) is 2. The summed E-state index contributed by atoms with van der Waals surface area (Å²) in [5.41, 5.74) is 3.74. The molecule has 0 fully saturated rings. The summed E-state index contributed by atoms with van der Waals surface area (Å²) >= 11 is 0. The van der Waals surface area contributed by atoms with Gasteiger partial charge >= 0.3 is 17.1 Å². The van der Waals surface area contributed by atoms with E-state index in [0.29, 0.717) is 0 Å². The fourth-order valence-electron chi connectivity index (χ4n) is 1.02. The number of carboxylic acid groups (broad SMARTS) is 1. The molecule has 1 heterocycles. The smallest absolute Gasteiger partial charge is 0.322 e. The molecule has 0 radical (unpaired) electrons. The zero-order chi connectivity index (χ0) is 11.6. The maximum atomic E-state index is 11.3. The maximum absolute atomic E-state index is 11.3. The number of aliphatic carboxylic acids is 1. The summed E-state index contributed by atoms with van der Waals surface area (Å²) in [6.07, 6.45) is 2.70. The minimum absolute atomic E-state index is 0.218. The number of rotatable bonds is 3. The lowest BCUT2D eigenvalue weighted by molar-refractivity contribution is -0.138. The Hall–Kier alpha value is -1.89. The van der Waals surface area contributed by atoms with Crippen LogP contribution in [0.25, 0.3) is 0 Å². The monoisotopic (exact) mass is 213 g/mol. The Kier molecular flexibility index (Phi) is 3.05. The molecule has 7 nitrogen and oxygen atoms in total. The topological polar surface area (TPSA) is 107 Å².